The fraction of sp³-hybridized carbons (Fsp3) is 0.0769. The Morgan fingerprint density at radius 1 is 1.24 bits per heavy atom. The molecule has 0 bridgehead atoms. The predicted molar refractivity (Wildman–Crippen MR) is 73.0 cm³/mol. The van der Waals surface area contributed by atoms with Crippen molar-refractivity contribution in [2.24, 2.45) is 0 Å². The third kappa shape index (κ3) is 2.77. The van der Waals surface area contributed by atoms with E-state index in [4.69, 9.17) is 5.73 Å². The maximum atomic E-state index is 13.2. The molecule has 0 aliphatic heterocycles. The van der Waals surface area contributed by atoms with Gasteiger partial charge in [-0.1, -0.05) is 22.0 Å². The van der Waals surface area contributed by atoms with Gasteiger partial charge in [0.2, 0.25) is 0 Å². The van der Waals surface area contributed by atoms with Gasteiger partial charge in [-0.2, -0.15) is 0 Å². The Kier molecular flexibility index (Phi) is 3.33. The van der Waals surface area contributed by atoms with E-state index in [1.165, 1.54) is 6.07 Å². The van der Waals surface area contributed by atoms with Crippen LogP contribution in [0.15, 0.2) is 40.9 Å². The second-order valence-corrected chi connectivity index (χ2v) is 4.74. The van der Waals surface area contributed by atoms with Gasteiger partial charge in [-0.25, -0.2) is 4.39 Å². The molecule has 0 unspecified atom stereocenters. The zero-order valence-electron chi connectivity index (χ0n) is 9.30. The van der Waals surface area contributed by atoms with Gasteiger partial charge in [0.25, 0.3) is 0 Å². The van der Waals surface area contributed by atoms with Crippen LogP contribution in [0.5, 0.6) is 0 Å². The zero-order valence-corrected chi connectivity index (χ0v) is 10.9. The summed E-state index contributed by atoms with van der Waals surface area (Å²) in [6, 6.07) is 10.7. The van der Waals surface area contributed by atoms with Gasteiger partial charge in [0.1, 0.15) is 5.82 Å². The number of halogens is 2. The quantitative estimate of drug-likeness (QED) is 0.814. The van der Waals surface area contributed by atoms with Crippen LogP contribution in [-0.2, 0) is 0 Å². The molecule has 2 aromatic carbocycles. The van der Waals surface area contributed by atoms with Crippen molar-refractivity contribution in [1.29, 1.82) is 0 Å². The van der Waals surface area contributed by atoms with Crippen LogP contribution >= 0.6 is 15.9 Å². The standard InChI is InChI=1S/C13H12BrFN2/c1-8-5-13(12(16)7-11(8)15)17-10-4-2-3-9(14)6-10/h2-7,17H,16H2,1H3. The third-order valence-corrected chi connectivity index (χ3v) is 2.93. The molecule has 88 valence electrons. The molecule has 0 atom stereocenters. The number of rotatable bonds is 2. The van der Waals surface area contributed by atoms with E-state index in [0.717, 1.165) is 10.2 Å². The van der Waals surface area contributed by atoms with Gasteiger partial charge in [0.15, 0.2) is 0 Å². The van der Waals surface area contributed by atoms with E-state index >= 15 is 0 Å². The van der Waals surface area contributed by atoms with E-state index in [1.54, 1.807) is 13.0 Å². The molecule has 0 heterocycles. The first-order valence-electron chi connectivity index (χ1n) is 5.14. The molecule has 2 nitrogen and oxygen atoms in total. The van der Waals surface area contributed by atoms with E-state index in [1.807, 2.05) is 24.3 Å². The lowest BCUT2D eigenvalue weighted by molar-refractivity contribution is 0.619. The third-order valence-electron chi connectivity index (χ3n) is 2.43. The van der Waals surface area contributed by atoms with Crippen molar-refractivity contribution in [3.63, 3.8) is 0 Å². The minimum Gasteiger partial charge on any atom is -0.397 e. The van der Waals surface area contributed by atoms with Gasteiger partial charge in [-0.05, 0) is 42.8 Å². The zero-order chi connectivity index (χ0) is 12.4. The first-order valence-corrected chi connectivity index (χ1v) is 5.94. The number of nitrogens with one attached hydrogen (secondary N) is 1. The number of hydrogen-bond donors (Lipinski definition) is 2. The summed E-state index contributed by atoms with van der Waals surface area (Å²) in [6.07, 6.45) is 0. The van der Waals surface area contributed by atoms with Crippen molar-refractivity contribution >= 4 is 33.0 Å². The molecule has 2 rings (SSSR count). The minimum absolute atomic E-state index is 0.290. The van der Waals surface area contributed by atoms with Crippen molar-refractivity contribution in [2.45, 2.75) is 6.92 Å². The maximum absolute atomic E-state index is 13.2. The van der Waals surface area contributed by atoms with Gasteiger partial charge in [-0.3, -0.25) is 0 Å². The maximum Gasteiger partial charge on any atom is 0.128 e. The normalized spacial score (nSPS) is 10.3. The number of nitrogen functional groups attached to an aromatic ring is 1. The van der Waals surface area contributed by atoms with Crippen LogP contribution in [0.3, 0.4) is 0 Å². The topological polar surface area (TPSA) is 38.0 Å². The molecule has 17 heavy (non-hydrogen) atoms. The van der Waals surface area contributed by atoms with Crippen molar-refractivity contribution < 1.29 is 4.39 Å². The van der Waals surface area contributed by atoms with Crippen LogP contribution < -0.4 is 11.1 Å². The van der Waals surface area contributed by atoms with Gasteiger partial charge >= 0.3 is 0 Å². The van der Waals surface area contributed by atoms with Crippen molar-refractivity contribution in [3.05, 3.63) is 52.3 Å². The van der Waals surface area contributed by atoms with Gasteiger partial charge < -0.3 is 11.1 Å². The van der Waals surface area contributed by atoms with Crippen LogP contribution in [0.2, 0.25) is 0 Å². The predicted octanol–water partition coefficient (Wildman–Crippen LogP) is 4.22. The molecule has 2 aromatic rings. The Labute approximate surface area is 108 Å². The summed E-state index contributed by atoms with van der Waals surface area (Å²) in [5, 5.41) is 3.16. The van der Waals surface area contributed by atoms with Crippen LogP contribution in [0.1, 0.15) is 5.56 Å². The molecule has 0 amide bonds. The summed E-state index contributed by atoms with van der Waals surface area (Å²) in [5.74, 6) is -0.290. The van der Waals surface area contributed by atoms with Crippen LogP contribution in [0, 0.1) is 12.7 Å². The monoisotopic (exact) mass is 294 g/mol. The highest BCUT2D eigenvalue weighted by Gasteiger charge is 2.05. The molecule has 0 saturated heterocycles. The minimum atomic E-state index is -0.290. The molecule has 0 spiro atoms. The summed E-state index contributed by atoms with van der Waals surface area (Å²) < 4.78 is 14.2. The second kappa shape index (κ2) is 4.75. The number of anilines is 3. The molecule has 0 aromatic heterocycles. The van der Waals surface area contributed by atoms with E-state index in [2.05, 4.69) is 21.2 Å². The summed E-state index contributed by atoms with van der Waals surface area (Å²) in [7, 11) is 0. The Hall–Kier alpha value is -1.55. The molecule has 0 saturated carbocycles. The molecule has 0 aliphatic carbocycles. The Morgan fingerprint density at radius 2 is 2.00 bits per heavy atom. The van der Waals surface area contributed by atoms with E-state index < -0.39 is 0 Å². The summed E-state index contributed by atoms with van der Waals surface area (Å²) in [6.45, 7) is 1.71. The summed E-state index contributed by atoms with van der Waals surface area (Å²) >= 11 is 3.39. The summed E-state index contributed by atoms with van der Waals surface area (Å²) in [4.78, 5) is 0. The van der Waals surface area contributed by atoms with E-state index in [0.29, 0.717) is 16.9 Å². The number of aryl methyl sites for hydroxylation is 1. The van der Waals surface area contributed by atoms with Crippen LogP contribution in [0.4, 0.5) is 21.5 Å². The highest BCUT2D eigenvalue weighted by Crippen LogP contribution is 2.27. The van der Waals surface area contributed by atoms with Crippen molar-refractivity contribution in [1.82, 2.24) is 0 Å². The number of hydrogen-bond acceptors (Lipinski definition) is 2. The molecule has 3 N–H and O–H groups in total. The SMILES string of the molecule is Cc1cc(Nc2cccc(Br)c2)c(N)cc1F. The van der Waals surface area contributed by atoms with Crippen molar-refractivity contribution in [2.75, 3.05) is 11.1 Å². The Morgan fingerprint density at radius 3 is 2.71 bits per heavy atom. The van der Waals surface area contributed by atoms with Crippen molar-refractivity contribution in [3.8, 4) is 0 Å². The molecular weight excluding hydrogens is 283 g/mol. The smallest absolute Gasteiger partial charge is 0.128 e. The number of benzene rings is 2. The van der Waals surface area contributed by atoms with Gasteiger partial charge in [0.05, 0.1) is 11.4 Å². The molecule has 4 heteroatoms. The first kappa shape index (κ1) is 11.9. The van der Waals surface area contributed by atoms with Gasteiger partial charge in [0, 0.05) is 10.2 Å². The highest BCUT2D eigenvalue weighted by atomic mass is 79.9. The molecule has 0 radical (unpaired) electrons. The van der Waals surface area contributed by atoms with Crippen LogP contribution in [-0.4, -0.2) is 0 Å². The first-order chi connectivity index (χ1) is 8.06. The van der Waals surface area contributed by atoms with E-state index in [9.17, 15) is 4.39 Å². The van der Waals surface area contributed by atoms with Crippen LogP contribution in [0.25, 0.3) is 0 Å². The average molecular weight is 295 g/mol. The largest absolute Gasteiger partial charge is 0.397 e. The Bertz CT molecular complexity index is 555. The fourth-order valence-corrected chi connectivity index (χ4v) is 1.93. The Balaban J connectivity index is 2.33. The highest BCUT2D eigenvalue weighted by molar-refractivity contribution is 9.10. The fourth-order valence-electron chi connectivity index (χ4n) is 1.53. The lowest BCUT2D eigenvalue weighted by Gasteiger charge is -2.11. The van der Waals surface area contributed by atoms with E-state index in [-0.39, 0.29) is 5.82 Å². The second-order valence-electron chi connectivity index (χ2n) is 3.82. The number of nitrogens with two attached hydrogens (primary N) is 1. The van der Waals surface area contributed by atoms with Gasteiger partial charge in [-0.15, -0.1) is 0 Å². The summed E-state index contributed by atoms with van der Waals surface area (Å²) in [5.41, 5.74) is 8.33. The lowest BCUT2D eigenvalue weighted by atomic mass is 10.1. The molecule has 0 aliphatic rings. The lowest BCUT2D eigenvalue weighted by Crippen LogP contribution is -1.98. The molecular formula is C13H12BrFN2. The average Bonchev–Trinajstić information content (AvgIpc) is 2.26. The molecule has 0 fully saturated rings.